The number of hydrogen-bond acceptors (Lipinski definition) is 2. The molecule has 1 heterocycles. The molecule has 1 aromatic rings. The zero-order chi connectivity index (χ0) is 17.0. The number of halogens is 2. The second-order valence-corrected chi connectivity index (χ2v) is 6.81. The molecule has 3 rings (SSSR count). The molecule has 2 aliphatic rings. The molecule has 1 aromatic carbocycles. The van der Waals surface area contributed by atoms with E-state index in [9.17, 15) is 13.6 Å². The molecular weight excluding hydrogens is 314 g/mol. The van der Waals surface area contributed by atoms with Gasteiger partial charge in [-0.3, -0.25) is 0 Å². The average molecular weight is 338 g/mol. The number of benzene rings is 1. The molecule has 24 heavy (non-hydrogen) atoms. The number of nitrogens with one attached hydrogen (secondary N) is 2. The highest BCUT2D eigenvalue weighted by Crippen LogP contribution is 2.39. The van der Waals surface area contributed by atoms with Gasteiger partial charge >= 0.3 is 6.03 Å². The number of hydrogen-bond donors (Lipinski definition) is 2. The zero-order valence-corrected chi connectivity index (χ0v) is 13.7. The fraction of sp³-hybridized carbons (Fsp3) is 0.611. The van der Waals surface area contributed by atoms with Crippen molar-refractivity contribution in [1.82, 2.24) is 10.6 Å². The molecule has 2 amide bonds. The minimum atomic E-state index is -0.595. The van der Waals surface area contributed by atoms with Crippen molar-refractivity contribution in [1.29, 1.82) is 0 Å². The van der Waals surface area contributed by atoms with Crippen molar-refractivity contribution in [2.45, 2.75) is 56.6 Å². The van der Waals surface area contributed by atoms with Gasteiger partial charge in [-0.2, -0.15) is 0 Å². The smallest absolute Gasteiger partial charge is 0.315 e. The summed E-state index contributed by atoms with van der Waals surface area (Å²) in [4.78, 5) is 12.0. The van der Waals surface area contributed by atoms with Gasteiger partial charge in [0.1, 0.15) is 11.6 Å². The number of carbonyl (C=O) groups excluding carboxylic acids is 1. The average Bonchev–Trinajstić information content (AvgIpc) is 2.97. The molecule has 0 radical (unpaired) electrons. The van der Waals surface area contributed by atoms with E-state index in [2.05, 4.69) is 10.6 Å². The molecule has 2 N–H and O–H groups in total. The van der Waals surface area contributed by atoms with E-state index in [4.69, 9.17) is 4.74 Å². The number of rotatable bonds is 4. The lowest BCUT2D eigenvalue weighted by Gasteiger charge is -2.38. The normalized spacial score (nSPS) is 22.5. The molecule has 1 saturated carbocycles. The van der Waals surface area contributed by atoms with Crippen LogP contribution in [0.2, 0.25) is 0 Å². The van der Waals surface area contributed by atoms with Gasteiger partial charge in [-0.05, 0) is 43.7 Å². The Morgan fingerprint density at radius 1 is 1.29 bits per heavy atom. The lowest BCUT2D eigenvalue weighted by molar-refractivity contribution is -0.0820. The Morgan fingerprint density at radius 2 is 2.08 bits per heavy atom. The lowest BCUT2D eigenvalue weighted by Crippen LogP contribution is -2.50. The molecule has 132 valence electrons. The molecule has 4 nitrogen and oxygen atoms in total. The third-order valence-electron chi connectivity index (χ3n) is 5.04. The Hall–Kier alpha value is -1.69. The maximum absolute atomic E-state index is 13.5. The highest BCUT2D eigenvalue weighted by atomic mass is 19.1. The summed E-state index contributed by atoms with van der Waals surface area (Å²) in [5, 5.41) is 5.74. The number of amides is 2. The van der Waals surface area contributed by atoms with E-state index in [0.717, 1.165) is 31.7 Å². The van der Waals surface area contributed by atoms with E-state index in [1.54, 1.807) is 0 Å². The molecule has 0 unspecified atom stereocenters. The Kier molecular flexibility index (Phi) is 5.33. The molecule has 1 aliphatic carbocycles. The van der Waals surface area contributed by atoms with E-state index in [1.165, 1.54) is 25.0 Å². The summed E-state index contributed by atoms with van der Waals surface area (Å²) in [6.07, 6.45) is 6.57. The van der Waals surface area contributed by atoms with Gasteiger partial charge in [0.2, 0.25) is 0 Å². The first kappa shape index (κ1) is 17.1. The Morgan fingerprint density at radius 3 is 2.83 bits per heavy atom. The van der Waals surface area contributed by atoms with Crippen LogP contribution in [0.4, 0.5) is 13.6 Å². The van der Waals surface area contributed by atoms with E-state index in [1.807, 2.05) is 0 Å². The largest absolute Gasteiger partial charge is 0.375 e. The van der Waals surface area contributed by atoms with E-state index < -0.39 is 11.6 Å². The van der Waals surface area contributed by atoms with Crippen LogP contribution in [0.1, 0.15) is 44.1 Å². The molecule has 6 heteroatoms. The summed E-state index contributed by atoms with van der Waals surface area (Å²) in [5.41, 5.74) is 0.362. The monoisotopic (exact) mass is 338 g/mol. The third kappa shape index (κ3) is 4.23. The van der Waals surface area contributed by atoms with Crippen molar-refractivity contribution >= 4 is 6.03 Å². The van der Waals surface area contributed by atoms with Crippen LogP contribution in [0.5, 0.6) is 0 Å². The Bertz CT molecular complexity index is 588. The zero-order valence-electron chi connectivity index (χ0n) is 13.7. The standard InChI is InChI=1S/C18H24F2N2O2/c19-14-4-3-13(16(20)11-14)5-9-21-17(23)22-15-6-10-24-18(12-15)7-1-2-8-18/h3-4,11,15H,1-2,5-10,12H2,(H2,21,22,23)/t15-/m1/s1. The molecule has 1 atom stereocenters. The molecule has 0 bridgehead atoms. The van der Waals surface area contributed by atoms with Crippen LogP contribution in [0, 0.1) is 11.6 Å². The van der Waals surface area contributed by atoms with Crippen LogP contribution in [-0.2, 0) is 11.2 Å². The quantitative estimate of drug-likeness (QED) is 0.885. The second-order valence-electron chi connectivity index (χ2n) is 6.81. The van der Waals surface area contributed by atoms with Crippen molar-refractivity contribution in [2.24, 2.45) is 0 Å². The van der Waals surface area contributed by atoms with Gasteiger partial charge < -0.3 is 15.4 Å². The van der Waals surface area contributed by atoms with E-state index in [-0.39, 0.29) is 17.7 Å². The highest BCUT2D eigenvalue weighted by Gasteiger charge is 2.40. The van der Waals surface area contributed by atoms with Gasteiger partial charge in [-0.25, -0.2) is 13.6 Å². The molecule has 1 saturated heterocycles. The first-order chi connectivity index (χ1) is 11.6. The maximum Gasteiger partial charge on any atom is 0.315 e. The van der Waals surface area contributed by atoms with Crippen molar-refractivity contribution in [3.8, 4) is 0 Å². The number of carbonyl (C=O) groups is 1. The van der Waals surface area contributed by atoms with Crippen molar-refractivity contribution < 1.29 is 18.3 Å². The fourth-order valence-electron chi connectivity index (χ4n) is 3.79. The van der Waals surface area contributed by atoms with Crippen molar-refractivity contribution in [3.63, 3.8) is 0 Å². The fourth-order valence-corrected chi connectivity index (χ4v) is 3.79. The number of urea groups is 1. The maximum atomic E-state index is 13.5. The summed E-state index contributed by atoms with van der Waals surface area (Å²) >= 11 is 0. The minimum absolute atomic E-state index is 0.0343. The highest BCUT2D eigenvalue weighted by molar-refractivity contribution is 5.74. The lowest BCUT2D eigenvalue weighted by atomic mass is 9.89. The molecule has 1 spiro atoms. The first-order valence-electron chi connectivity index (χ1n) is 8.69. The van der Waals surface area contributed by atoms with Gasteiger partial charge in [-0.15, -0.1) is 0 Å². The van der Waals surface area contributed by atoms with Crippen LogP contribution >= 0.6 is 0 Å². The summed E-state index contributed by atoms with van der Waals surface area (Å²) < 4.78 is 32.3. The predicted molar refractivity (Wildman–Crippen MR) is 86.8 cm³/mol. The van der Waals surface area contributed by atoms with Crippen LogP contribution in [0.25, 0.3) is 0 Å². The van der Waals surface area contributed by atoms with Gasteiger partial charge in [-0.1, -0.05) is 18.9 Å². The van der Waals surface area contributed by atoms with Crippen LogP contribution < -0.4 is 10.6 Å². The van der Waals surface area contributed by atoms with E-state index in [0.29, 0.717) is 25.1 Å². The summed E-state index contributed by atoms with van der Waals surface area (Å²) in [6, 6.07) is 3.38. The SMILES string of the molecule is O=C(NCCc1ccc(F)cc1F)N[C@@H]1CCOC2(CCCC2)C1. The molecule has 0 aromatic heterocycles. The van der Waals surface area contributed by atoms with Gasteiger partial charge in [0, 0.05) is 25.3 Å². The van der Waals surface area contributed by atoms with Crippen LogP contribution in [0.3, 0.4) is 0 Å². The minimum Gasteiger partial charge on any atom is -0.375 e. The van der Waals surface area contributed by atoms with Crippen LogP contribution in [0.15, 0.2) is 18.2 Å². The van der Waals surface area contributed by atoms with Crippen LogP contribution in [-0.4, -0.2) is 30.8 Å². The summed E-state index contributed by atoms with van der Waals surface area (Å²) in [5.74, 6) is -1.17. The Balaban J connectivity index is 1.42. The second kappa shape index (κ2) is 7.47. The first-order valence-corrected chi connectivity index (χ1v) is 8.69. The predicted octanol–water partition coefficient (Wildman–Crippen LogP) is 3.30. The molecular formula is C18H24F2N2O2. The van der Waals surface area contributed by atoms with E-state index >= 15 is 0 Å². The van der Waals surface area contributed by atoms with Gasteiger partial charge in [0.25, 0.3) is 0 Å². The molecule has 1 aliphatic heterocycles. The van der Waals surface area contributed by atoms with Gasteiger partial charge in [0.15, 0.2) is 0 Å². The molecule has 2 fully saturated rings. The Labute approximate surface area is 141 Å². The third-order valence-corrected chi connectivity index (χ3v) is 5.04. The summed E-state index contributed by atoms with van der Waals surface area (Å²) in [6.45, 7) is 0.995. The summed E-state index contributed by atoms with van der Waals surface area (Å²) in [7, 11) is 0. The van der Waals surface area contributed by atoms with Crippen molar-refractivity contribution in [2.75, 3.05) is 13.2 Å². The number of ether oxygens (including phenoxy) is 1. The van der Waals surface area contributed by atoms with Gasteiger partial charge in [0.05, 0.1) is 5.60 Å². The topological polar surface area (TPSA) is 50.4 Å². The van der Waals surface area contributed by atoms with Crippen molar-refractivity contribution in [3.05, 3.63) is 35.4 Å².